The van der Waals surface area contributed by atoms with Crippen molar-refractivity contribution in [3.8, 4) is 22.5 Å². The highest BCUT2D eigenvalue weighted by Gasteiger charge is 2.32. The predicted molar refractivity (Wildman–Crippen MR) is 157 cm³/mol. The number of hydrogen-bond acceptors (Lipinski definition) is 8. The molecule has 1 aliphatic rings. The molecule has 1 unspecified atom stereocenters. The molecule has 9 nitrogen and oxygen atoms in total. The molecule has 2 aromatic carbocycles. The van der Waals surface area contributed by atoms with Crippen LogP contribution in [0.15, 0.2) is 71.5 Å². The molecule has 10 heteroatoms. The summed E-state index contributed by atoms with van der Waals surface area (Å²) in [6.07, 6.45) is 5.78. The Morgan fingerprint density at radius 3 is 2.67 bits per heavy atom. The largest absolute Gasteiger partial charge is 0.357 e. The van der Waals surface area contributed by atoms with Crippen molar-refractivity contribution in [2.45, 2.75) is 52.6 Å². The molecule has 1 aliphatic heterocycles. The van der Waals surface area contributed by atoms with E-state index in [9.17, 15) is 4.79 Å². The maximum Gasteiger partial charge on any atom is 0.221 e. The van der Waals surface area contributed by atoms with Crippen molar-refractivity contribution in [1.82, 2.24) is 25.1 Å². The molecule has 0 spiro atoms. The quantitative estimate of drug-likeness (QED) is 0.179. The summed E-state index contributed by atoms with van der Waals surface area (Å²) in [6.45, 7) is 5.17. The lowest BCUT2D eigenvalue weighted by Crippen LogP contribution is -2.22. The van der Waals surface area contributed by atoms with Crippen LogP contribution in [-0.2, 0) is 22.6 Å². The molecule has 42 heavy (non-hydrogen) atoms. The number of hydrogen-bond donors (Lipinski definition) is 0. The number of ether oxygens (including phenoxy) is 2. The molecule has 0 radical (unpaired) electrons. The van der Waals surface area contributed by atoms with E-state index >= 15 is 0 Å². The fraction of sp³-hybridized carbons (Fsp3) is 0.281. The van der Waals surface area contributed by atoms with E-state index in [2.05, 4.69) is 52.5 Å². The lowest BCUT2D eigenvalue weighted by Gasteiger charge is -2.22. The minimum atomic E-state index is -0.403. The van der Waals surface area contributed by atoms with Gasteiger partial charge in [-0.1, -0.05) is 69.5 Å². The number of benzene rings is 2. The molecule has 1 saturated heterocycles. The topological polar surface area (TPSA) is 105 Å². The monoisotopic (exact) mass is 583 g/mol. The third-order valence-corrected chi connectivity index (χ3v) is 7.49. The van der Waals surface area contributed by atoms with E-state index < -0.39 is 5.78 Å². The first-order valence-corrected chi connectivity index (χ1v) is 14.3. The van der Waals surface area contributed by atoms with E-state index in [1.165, 1.54) is 0 Å². The van der Waals surface area contributed by atoms with Crippen molar-refractivity contribution in [3.05, 3.63) is 106 Å². The Labute approximate surface area is 248 Å². The van der Waals surface area contributed by atoms with E-state index in [0.29, 0.717) is 40.7 Å². The van der Waals surface area contributed by atoms with E-state index in [1.54, 1.807) is 29.2 Å². The van der Waals surface area contributed by atoms with Crippen molar-refractivity contribution in [3.63, 3.8) is 0 Å². The molecule has 0 aliphatic carbocycles. The minimum Gasteiger partial charge on any atom is -0.357 e. The second kappa shape index (κ2) is 12.4. The maximum atomic E-state index is 14.5. The molecule has 0 bridgehead atoms. The van der Waals surface area contributed by atoms with Gasteiger partial charge in [-0.15, -0.1) is 5.10 Å². The number of nitrogens with zero attached hydrogens (tertiary/aromatic N) is 5. The first kappa shape index (κ1) is 28.0. The number of pyridine rings is 1. The second-order valence-electron chi connectivity index (χ2n) is 10.4. The molecule has 0 saturated carbocycles. The van der Waals surface area contributed by atoms with Gasteiger partial charge in [0.2, 0.25) is 5.78 Å². The lowest BCUT2D eigenvalue weighted by molar-refractivity contribution is -0.171. The van der Waals surface area contributed by atoms with Crippen LogP contribution in [-0.4, -0.2) is 43.8 Å². The average molecular weight is 584 g/mol. The second-order valence-corrected chi connectivity index (χ2v) is 10.8. The van der Waals surface area contributed by atoms with E-state index in [4.69, 9.17) is 25.6 Å². The molecule has 0 amide bonds. The number of ketones is 1. The van der Waals surface area contributed by atoms with E-state index in [0.717, 1.165) is 36.0 Å². The number of carbonyl (C=O) groups is 1. The van der Waals surface area contributed by atoms with Crippen molar-refractivity contribution in [2.24, 2.45) is 0 Å². The molecule has 1 atom stereocenters. The van der Waals surface area contributed by atoms with Crippen molar-refractivity contribution < 1.29 is 18.8 Å². The first-order valence-electron chi connectivity index (χ1n) is 13.9. The zero-order valence-corrected chi connectivity index (χ0v) is 24.2. The normalized spacial score (nSPS) is 15.2. The number of carbonyl (C=O) groups excluding carboxylic acids is 1. The maximum absolute atomic E-state index is 14.5. The van der Waals surface area contributed by atoms with Gasteiger partial charge in [0, 0.05) is 30.1 Å². The zero-order chi connectivity index (χ0) is 29.1. The third kappa shape index (κ3) is 5.90. The highest BCUT2D eigenvalue weighted by molar-refractivity contribution is 6.33. The summed E-state index contributed by atoms with van der Waals surface area (Å²) in [6, 6.07) is 17.2. The van der Waals surface area contributed by atoms with Gasteiger partial charge in [-0.3, -0.25) is 9.78 Å². The Bertz CT molecular complexity index is 1690. The number of aryl methyl sites for hydroxylation is 2. The van der Waals surface area contributed by atoms with Crippen LogP contribution in [0, 0.1) is 13.8 Å². The third-order valence-electron chi connectivity index (χ3n) is 7.16. The molecule has 3 aromatic heterocycles. The van der Waals surface area contributed by atoms with Crippen molar-refractivity contribution in [1.29, 1.82) is 0 Å². The summed E-state index contributed by atoms with van der Waals surface area (Å²) in [7, 11) is 0. The van der Waals surface area contributed by atoms with Crippen LogP contribution in [0.5, 0.6) is 0 Å². The van der Waals surface area contributed by atoms with Gasteiger partial charge in [0.25, 0.3) is 0 Å². The van der Waals surface area contributed by atoms with Crippen molar-refractivity contribution >= 4 is 17.4 Å². The summed E-state index contributed by atoms with van der Waals surface area (Å²) in [5.74, 6) is -0.134. The molecule has 214 valence electrons. The van der Waals surface area contributed by atoms with Crippen molar-refractivity contribution in [2.75, 3.05) is 6.61 Å². The highest BCUT2D eigenvalue weighted by atomic mass is 35.5. The first-order chi connectivity index (χ1) is 20.5. The highest BCUT2D eigenvalue weighted by Crippen LogP contribution is 2.35. The van der Waals surface area contributed by atoms with E-state index in [-0.39, 0.29) is 29.9 Å². The molecule has 5 aromatic rings. The Morgan fingerprint density at radius 2 is 1.93 bits per heavy atom. The van der Waals surface area contributed by atoms with Crippen LogP contribution < -0.4 is 0 Å². The van der Waals surface area contributed by atoms with Crippen LogP contribution >= 0.6 is 11.6 Å². The van der Waals surface area contributed by atoms with Gasteiger partial charge in [-0.05, 0) is 56.9 Å². The Kier molecular flexibility index (Phi) is 8.23. The standard InChI is InChI=1S/C32H30ClN5O4/c1-20-14-21(2)16-22(15-20)18-38-31(23-8-7-12-34-17-23)30(35-37-38)32(39)28-26(19-41-27-11-5-6-13-40-27)42-36-29(28)24-9-3-4-10-25(24)33/h3-4,7-10,12,14-17,27H,5-6,11,13,18-19H2,1-2H3. The van der Waals surface area contributed by atoms with Crippen LogP contribution in [0.25, 0.3) is 22.5 Å². The summed E-state index contributed by atoms with van der Waals surface area (Å²) >= 11 is 6.55. The summed E-state index contributed by atoms with van der Waals surface area (Å²) in [5, 5.41) is 13.6. The van der Waals surface area contributed by atoms with E-state index in [1.807, 2.05) is 24.3 Å². The van der Waals surface area contributed by atoms with Gasteiger partial charge in [0.1, 0.15) is 18.0 Å². The number of rotatable bonds is 9. The zero-order valence-electron chi connectivity index (χ0n) is 23.4. The Morgan fingerprint density at radius 1 is 1.10 bits per heavy atom. The Balaban J connectivity index is 1.44. The van der Waals surface area contributed by atoms with Gasteiger partial charge in [0.05, 0.1) is 17.1 Å². The molecular formula is C32H30ClN5O4. The summed E-state index contributed by atoms with van der Waals surface area (Å²) < 4.78 is 19.2. The van der Waals surface area contributed by atoms with Gasteiger partial charge < -0.3 is 14.0 Å². The summed E-state index contributed by atoms with van der Waals surface area (Å²) in [4.78, 5) is 18.8. The van der Waals surface area contributed by atoms with Gasteiger partial charge in [0.15, 0.2) is 17.7 Å². The number of halogens is 1. The fourth-order valence-electron chi connectivity index (χ4n) is 5.32. The molecule has 4 heterocycles. The molecule has 1 fully saturated rings. The van der Waals surface area contributed by atoms with Gasteiger partial charge in [-0.25, -0.2) is 4.68 Å². The van der Waals surface area contributed by atoms with Crippen LogP contribution in [0.4, 0.5) is 0 Å². The minimum absolute atomic E-state index is 0.00211. The van der Waals surface area contributed by atoms with Crippen LogP contribution in [0.3, 0.4) is 0 Å². The Hall–Kier alpha value is -4.18. The van der Waals surface area contributed by atoms with Crippen LogP contribution in [0.2, 0.25) is 5.02 Å². The molecule has 6 rings (SSSR count). The SMILES string of the molecule is Cc1cc(C)cc(Cn2nnc(C(=O)c3c(-c4ccccc4Cl)noc3COC3CCCCO3)c2-c2cccnc2)c1. The lowest BCUT2D eigenvalue weighted by atomic mass is 9.98. The summed E-state index contributed by atoms with van der Waals surface area (Å²) in [5.41, 5.74) is 5.84. The smallest absolute Gasteiger partial charge is 0.221 e. The van der Waals surface area contributed by atoms with Gasteiger partial charge >= 0.3 is 0 Å². The molecule has 0 N–H and O–H groups in total. The molecular weight excluding hydrogens is 554 g/mol. The number of aromatic nitrogens is 5. The van der Waals surface area contributed by atoms with Gasteiger partial charge in [-0.2, -0.15) is 0 Å². The van der Waals surface area contributed by atoms with Crippen LogP contribution in [0.1, 0.15) is 57.8 Å². The average Bonchev–Trinajstić information content (AvgIpc) is 3.61. The predicted octanol–water partition coefficient (Wildman–Crippen LogP) is 6.59. The fourth-order valence-corrected chi connectivity index (χ4v) is 5.55.